The number of likely N-dealkylation sites (tertiary alicyclic amines) is 2. The van der Waals surface area contributed by atoms with E-state index in [9.17, 15) is 0 Å². The van der Waals surface area contributed by atoms with Gasteiger partial charge in [0.25, 0.3) is 0 Å². The van der Waals surface area contributed by atoms with Crippen LogP contribution >= 0.6 is 0 Å². The normalized spacial score (nSPS) is 32.6. The van der Waals surface area contributed by atoms with E-state index in [2.05, 4.69) is 33.9 Å². The van der Waals surface area contributed by atoms with Gasteiger partial charge in [0.1, 0.15) is 0 Å². The Hall–Kier alpha value is -0.560. The molecule has 0 unspecified atom stereocenters. The Balaban J connectivity index is 1.11. The molecule has 0 atom stereocenters. The van der Waals surface area contributed by atoms with Crippen LogP contribution in [0.15, 0.2) is 0 Å². The Morgan fingerprint density at radius 3 is 2.11 bits per heavy atom. The third-order valence-corrected chi connectivity index (χ3v) is 7.91. The Morgan fingerprint density at radius 1 is 0.778 bits per heavy atom. The molecule has 27 heavy (non-hydrogen) atoms. The summed E-state index contributed by atoms with van der Waals surface area (Å²) < 4.78 is 0. The lowest BCUT2D eigenvalue weighted by Gasteiger charge is -2.44. The summed E-state index contributed by atoms with van der Waals surface area (Å²) in [7, 11) is 0. The van der Waals surface area contributed by atoms with Crippen molar-refractivity contribution < 1.29 is 0 Å². The van der Waals surface area contributed by atoms with Crippen LogP contribution in [0.5, 0.6) is 0 Å². The summed E-state index contributed by atoms with van der Waals surface area (Å²) in [4.78, 5) is 5.48. The molecule has 0 aromatic rings. The van der Waals surface area contributed by atoms with E-state index in [4.69, 9.17) is 0 Å². The van der Waals surface area contributed by atoms with Crippen molar-refractivity contribution in [2.24, 2.45) is 23.7 Å². The standard InChI is InChI=1S/C24H41N3/c1-2-20-9-15-27(16-10-20)24-17-23(18-24)4-3-21-7-13-26(14-8-21)19-22-5-11-25-12-6-22/h20-25H,2,5-19H2,1H3. The molecular formula is C24H41N3. The van der Waals surface area contributed by atoms with E-state index >= 15 is 0 Å². The van der Waals surface area contributed by atoms with Gasteiger partial charge in [0.2, 0.25) is 0 Å². The van der Waals surface area contributed by atoms with E-state index in [0.717, 1.165) is 17.9 Å². The number of hydrogen-bond acceptors (Lipinski definition) is 3. The van der Waals surface area contributed by atoms with E-state index in [-0.39, 0.29) is 0 Å². The number of nitrogens with zero attached hydrogens (tertiary/aromatic N) is 2. The fraction of sp³-hybridized carbons (Fsp3) is 0.917. The van der Waals surface area contributed by atoms with Gasteiger partial charge in [0, 0.05) is 24.4 Å². The highest BCUT2D eigenvalue weighted by Crippen LogP contribution is 2.34. The van der Waals surface area contributed by atoms with E-state index in [1.807, 2.05) is 0 Å². The molecule has 3 aliphatic heterocycles. The molecule has 1 aliphatic carbocycles. The molecule has 0 amide bonds. The maximum Gasteiger partial charge on any atom is 0.0232 e. The van der Waals surface area contributed by atoms with Crippen LogP contribution < -0.4 is 5.32 Å². The smallest absolute Gasteiger partial charge is 0.0232 e. The summed E-state index contributed by atoms with van der Waals surface area (Å²) in [5.74, 6) is 10.7. The van der Waals surface area contributed by atoms with Crippen molar-refractivity contribution in [1.29, 1.82) is 0 Å². The molecule has 4 aliphatic rings. The van der Waals surface area contributed by atoms with Crippen molar-refractivity contribution >= 4 is 0 Å². The second-order valence-corrected chi connectivity index (χ2v) is 9.77. The van der Waals surface area contributed by atoms with Crippen molar-refractivity contribution in [2.75, 3.05) is 45.8 Å². The van der Waals surface area contributed by atoms with Crippen LogP contribution in [0.4, 0.5) is 0 Å². The fourth-order valence-corrected chi connectivity index (χ4v) is 5.66. The topological polar surface area (TPSA) is 18.5 Å². The number of hydrogen-bond donors (Lipinski definition) is 1. The predicted molar refractivity (Wildman–Crippen MR) is 114 cm³/mol. The fourth-order valence-electron chi connectivity index (χ4n) is 5.66. The maximum absolute atomic E-state index is 3.68. The predicted octanol–water partition coefficient (Wildman–Crippen LogP) is 3.60. The molecule has 152 valence electrons. The van der Waals surface area contributed by atoms with Gasteiger partial charge in [-0.25, -0.2) is 0 Å². The largest absolute Gasteiger partial charge is 0.317 e. The van der Waals surface area contributed by atoms with E-state index in [1.54, 1.807) is 0 Å². The first-order chi connectivity index (χ1) is 13.3. The molecule has 0 aromatic heterocycles. The Bertz CT molecular complexity index is 493. The van der Waals surface area contributed by atoms with Crippen LogP contribution in [0.2, 0.25) is 0 Å². The summed E-state index contributed by atoms with van der Waals surface area (Å²) in [5, 5.41) is 3.49. The monoisotopic (exact) mass is 371 g/mol. The molecule has 0 radical (unpaired) electrons. The SMILES string of the molecule is CCC1CCN(C2CC(C#CC3CCN(CC4CCNCC4)CC3)C2)CC1. The first-order valence-electron chi connectivity index (χ1n) is 12.0. The van der Waals surface area contributed by atoms with Crippen LogP contribution in [-0.2, 0) is 0 Å². The summed E-state index contributed by atoms with van der Waals surface area (Å²) in [6.07, 6.45) is 12.3. The number of piperidine rings is 3. The average molecular weight is 372 g/mol. The van der Waals surface area contributed by atoms with Gasteiger partial charge < -0.3 is 15.1 Å². The average Bonchev–Trinajstić information content (AvgIpc) is 2.69. The summed E-state index contributed by atoms with van der Waals surface area (Å²) in [6, 6.07) is 0.855. The van der Waals surface area contributed by atoms with Crippen molar-refractivity contribution in [1.82, 2.24) is 15.1 Å². The quantitative estimate of drug-likeness (QED) is 0.762. The third-order valence-electron chi connectivity index (χ3n) is 7.91. The highest BCUT2D eigenvalue weighted by Gasteiger charge is 2.34. The second kappa shape index (κ2) is 9.77. The highest BCUT2D eigenvalue weighted by atomic mass is 15.2. The van der Waals surface area contributed by atoms with Crippen LogP contribution in [-0.4, -0.2) is 61.7 Å². The summed E-state index contributed by atoms with van der Waals surface area (Å²) >= 11 is 0. The van der Waals surface area contributed by atoms with Gasteiger partial charge in [0.05, 0.1) is 0 Å². The molecule has 3 saturated heterocycles. The lowest BCUT2D eigenvalue weighted by atomic mass is 9.78. The highest BCUT2D eigenvalue weighted by molar-refractivity contribution is 5.13. The zero-order chi connectivity index (χ0) is 18.5. The lowest BCUT2D eigenvalue weighted by Crippen LogP contribution is -2.47. The maximum atomic E-state index is 3.68. The zero-order valence-electron chi connectivity index (χ0n) is 17.6. The molecule has 0 aromatic carbocycles. The van der Waals surface area contributed by atoms with Crippen LogP contribution in [0.25, 0.3) is 0 Å². The van der Waals surface area contributed by atoms with Gasteiger partial charge in [-0.1, -0.05) is 25.2 Å². The van der Waals surface area contributed by atoms with E-state index in [1.165, 1.54) is 104 Å². The summed E-state index contributed by atoms with van der Waals surface area (Å²) in [6.45, 7) is 11.4. The first-order valence-corrected chi connectivity index (χ1v) is 12.0. The van der Waals surface area contributed by atoms with Gasteiger partial charge in [-0.3, -0.25) is 0 Å². The van der Waals surface area contributed by atoms with Crippen molar-refractivity contribution in [2.45, 2.75) is 70.8 Å². The Kier molecular flexibility index (Phi) is 7.14. The number of nitrogens with one attached hydrogen (secondary N) is 1. The van der Waals surface area contributed by atoms with Crippen LogP contribution in [0, 0.1) is 35.5 Å². The molecular weight excluding hydrogens is 330 g/mol. The van der Waals surface area contributed by atoms with Crippen molar-refractivity contribution in [3.63, 3.8) is 0 Å². The molecule has 1 saturated carbocycles. The Morgan fingerprint density at radius 2 is 1.44 bits per heavy atom. The Labute approximate surface area is 167 Å². The summed E-state index contributed by atoms with van der Waals surface area (Å²) in [5.41, 5.74) is 0. The second-order valence-electron chi connectivity index (χ2n) is 9.77. The van der Waals surface area contributed by atoms with E-state index < -0.39 is 0 Å². The molecule has 4 rings (SSSR count). The van der Waals surface area contributed by atoms with Gasteiger partial charge in [-0.15, -0.1) is 0 Å². The van der Waals surface area contributed by atoms with Gasteiger partial charge in [-0.2, -0.15) is 0 Å². The van der Waals surface area contributed by atoms with E-state index in [0.29, 0.717) is 11.8 Å². The van der Waals surface area contributed by atoms with Crippen molar-refractivity contribution in [3.8, 4) is 11.8 Å². The van der Waals surface area contributed by atoms with Crippen LogP contribution in [0.1, 0.15) is 64.7 Å². The third kappa shape index (κ3) is 5.49. The molecule has 3 nitrogen and oxygen atoms in total. The van der Waals surface area contributed by atoms with Crippen LogP contribution in [0.3, 0.4) is 0 Å². The minimum Gasteiger partial charge on any atom is -0.317 e. The molecule has 4 fully saturated rings. The zero-order valence-corrected chi connectivity index (χ0v) is 17.6. The van der Waals surface area contributed by atoms with Gasteiger partial charge in [-0.05, 0) is 102 Å². The molecule has 0 bridgehead atoms. The molecule has 3 heteroatoms. The van der Waals surface area contributed by atoms with Gasteiger partial charge >= 0.3 is 0 Å². The molecule has 0 spiro atoms. The number of rotatable bonds is 4. The minimum absolute atomic E-state index is 0.675. The minimum atomic E-state index is 0.675. The van der Waals surface area contributed by atoms with Crippen molar-refractivity contribution in [3.05, 3.63) is 0 Å². The van der Waals surface area contributed by atoms with Gasteiger partial charge in [0.15, 0.2) is 0 Å². The first kappa shape index (κ1) is 19.7. The molecule has 1 N–H and O–H groups in total. The lowest BCUT2D eigenvalue weighted by molar-refractivity contribution is 0.0648. The molecule has 3 heterocycles.